The molecule has 0 heterocycles. The van der Waals surface area contributed by atoms with Crippen LogP contribution in [0.2, 0.25) is 0 Å². The minimum Gasteiger partial charge on any atom is -0.325 e. The summed E-state index contributed by atoms with van der Waals surface area (Å²) in [4.78, 5) is 24.7. The lowest BCUT2D eigenvalue weighted by atomic mass is 9.64. The molecule has 2 aromatic rings. The first-order chi connectivity index (χ1) is 11.0. The molecule has 0 radical (unpaired) electrons. The van der Waals surface area contributed by atoms with Gasteiger partial charge in [-0.2, -0.15) is 0 Å². The molecule has 1 fully saturated rings. The van der Waals surface area contributed by atoms with Crippen molar-refractivity contribution in [3.8, 4) is 0 Å². The number of ketones is 1. The van der Waals surface area contributed by atoms with Crippen molar-refractivity contribution in [2.75, 3.05) is 5.32 Å². The van der Waals surface area contributed by atoms with Crippen LogP contribution in [0.1, 0.15) is 42.1 Å². The van der Waals surface area contributed by atoms with E-state index in [-0.39, 0.29) is 11.7 Å². The Labute approximate surface area is 144 Å². The first kappa shape index (κ1) is 15.9. The van der Waals surface area contributed by atoms with E-state index in [1.807, 2.05) is 30.3 Å². The number of Topliss-reactive ketones (excluding diaryl/α,β-unsaturated/α-hetero) is 1. The van der Waals surface area contributed by atoms with E-state index in [1.165, 1.54) is 6.92 Å². The summed E-state index contributed by atoms with van der Waals surface area (Å²) in [6, 6.07) is 15.1. The van der Waals surface area contributed by atoms with E-state index in [0.717, 1.165) is 29.3 Å². The summed E-state index contributed by atoms with van der Waals surface area (Å²) in [5.74, 6) is -0.0769. The number of anilines is 1. The van der Waals surface area contributed by atoms with Crippen molar-refractivity contribution in [2.24, 2.45) is 0 Å². The Morgan fingerprint density at radius 1 is 1.04 bits per heavy atom. The highest BCUT2D eigenvalue weighted by Crippen LogP contribution is 2.45. The Hall–Kier alpha value is -1.94. The minimum atomic E-state index is -0.482. The number of halogens is 1. The van der Waals surface area contributed by atoms with Crippen molar-refractivity contribution in [1.82, 2.24) is 0 Å². The second-order valence-electron chi connectivity index (χ2n) is 6.00. The average molecular weight is 372 g/mol. The van der Waals surface area contributed by atoms with Crippen molar-refractivity contribution < 1.29 is 9.59 Å². The van der Waals surface area contributed by atoms with Crippen LogP contribution in [0.25, 0.3) is 0 Å². The van der Waals surface area contributed by atoms with Crippen LogP contribution >= 0.6 is 15.9 Å². The molecule has 1 N–H and O–H groups in total. The number of benzene rings is 2. The summed E-state index contributed by atoms with van der Waals surface area (Å²) in [6.07, 6.45) is 2.71. The molecule has 3 rings (SSSR count). The van der Waals surface area contributed by atoms with Crippen LogP contribution in [0, 0.1) is 0 Å². The second kappa shape index (κ2) is 6.28. The molecule has 0 spiro atoms. The molecule has 1 amide bonds. The molecule has 1 aliphatic carbocycles. The van der Waals surface area contributed by atoms with Crippen molar-refractivity contribution in [3.05, 3.63) is 64.1 Å². The van der Waals surface area contributed by atoms with Gasteiger partial charge in [-0.15, -0.1) is 0 Å². The molecule has 0 atom stereocenters. The lowest BCUT2D eigenvalue weighted by Gasteiger charge is -2.40. The number of amides is 1. The van der Waals surface area contributed by atoms with Gasteiger partial charge in [-0.3, -0.25) is 9.59 Å². The SMILES string of the molecule is CC(=O)c1ccccc1NC(=O)C1(c2ccc(Br)cc2)CCC1. The number of nitrogens with one attached hydrogen (secondary N) is 1. The molecule has 0 aromatic heterocycles. The van der Waals surface area contributed by atoms with Gasteiger partial charge in [-0.1, -0.05) is 46.6 Å². The number of hydrogen-bond donors (Lipinski definition) is 1. The first-order valence-corrected chi connectivity index (χ1v) is 8.50. The second-order valence-corrected chi connectivity index (χ2v) is 6.91. The van der Waals surface area contributed by atoms with Gasteiger partial charge in [-0.25, -0.2) is 0 Å². The van der Waals surface area contributed by atoms with Crippen LogP contribution in [0.15, 0.2) is 53.0 Å². The summed E-state index contributed by atoms with van der Waals surface area (Å²) in [5.41, 5.74) is 1.69. The Kier molecular flexibility index (Phi) is 4.35. The van der Waals surface area contributed by atoms with E-state index < -0.39 is 5.41 Å². The summed E-state index contributed by atoms with van der Waals surface area (Å²) >= 11 is 3.43. The predicted octanol–water partition coefficient (Wildman–Crippen LogP) is 4.71. The van der Waals surface area contributed by atoms with Crippen molar-refractivity contribution in [1.29, 1.82) is 0 Å². The Balaban J connectivity index is 1.90. The fraction of sp³-hybridized carbons (Fsp3) is 0.263. The normalized spacial score (nSPS) is 15.6. The van der Waals surface area contributed by atoms with Gasteiger partial charge in [0.25, 0.3) is 0 Å². The fourth-order valence-electron chi connectivity index (χ4n) is 3.09. The summed E-state index contributed by atoms with van der Waals surface area (Å²) in [7, 11) is 0. The van der Waals surface area contributed by atoms with Gasteiger partial charge in [0.15, 0.2) is 5.78 Å². The van der Waals surface area contributed by atoms with Gasteiger partial charge >= 0.3 is 0 Å². The van der Waals surface area contributed by atoms with Crippen molar-refractivity contribution >= 4 is 33.3 Å². The Bertz CT molecular complexity index is 748. The minimum absolute atomic E-state index is 0.0280. The van der Waals surface area contributed by atoms with E-state index >= 15 is 0 Å². The molecule has 1 aliphatic rings. The monoisotopic (exact) mass is 371 g/mol. The topological polar surface area (TPSA) is 46.2 Å². The zero-order valence-electron chi connectivity index (χ0n) is 12.9. The van der Waals surface area contributed by atoms with Gasteiger partial charge in [0.2, 0.25) is 5.91 Å². The van der Waals surface area contributed by atoms with Gasteiger partial charge < -0.3 is 5.32 Å². The lowest BCUT2D eigenvalue weighted by Crippen LogP contribution is -2.46. The van der Waals surface area contributed by atoms with Crippen LogP contribution in [0.3, 0.4) is 0 Å². The van der Waals surface area contributed by atoms with Crippen LogP contribution in [-0.2, 0) is 10.2 Å². The molecule has 4 heteroatoms. The molecule has 2 aromatic carbocycles. The van der Waals surface area contributed by atoms with Crippen molar-refractivity contribution in [3.63, 3.8) is 0 Å². The van der Waals surface area contributed by atoms with Crippen LogP contribution in [0.4, 0.5) is 5.69 Å². The molecule has 0 bridgehead atoms. The number of rotatable bonds is 4. The summed E-state index contributed by atoms with van der Waals surface area (Å²) in [5, 5.41) is 2.98. The number of para-hydroxylation sites is 1. The van der Waals surface area contributed by atoms with Crippen LogP contribution in [0.5, 0.6) is 0 Å². The van der Waals surface area contributed by atoms with Crippen molar-refractivity contribution in [2.45, 2.75) is 31.6 Å². The molecule has 23 heavy (non-hydrogen) atoms. The first-order valence-electron chi connectivity index (χ1n) is 7.70. The van der Waals surface area contributed by atoms with E-state index in [0.29, 0.717) is 11.3 Å². The van der Waals surface area contributed by atoms with Gasteiger partial charge in [0.1, 0.15) is 0 Å². The molecule has 118 valence electrons. The fourth-order valence-corrected chi connectivity index (χ4v) is 3.35. The molecular weight excluding hydrogens is 354 g/mol. The molecular formula is C19H18BrNO2. The highest BCUT2D eigenvalue weighted by molar-refractivity contribution is 9.10. The number of carbonyl (C=O) groups excluding carboxylic acids is 2. The third kappa shape index (κ3) is 2.95. The summed E-state index contributed by atoms with van der Waals surface area (Å²) < 4.78 is 0.998. The third-order valence-electron chi connectivity index (χ3n) is 4.59. The molecule has 3 nitrogen and oxygen atoms in total. The molecule has 0 saturated heterocycles. The van der Waals surface area contributed by atoms with E-state index in [4.69, 9.17) is 0 Å². The highest BCUT2D eigenvalue weighted by Gasteiger charge is 2.45. The Morgan fingerprint density at radius 3 is 2.26 bits per heavy atom. The molecule has 1 saturated carbocycles. The average Bonchev–Trinajstić information content (AvgIpc) is 2.48. The third-order valence-corrected chi connectivity index (χ3v) is 5.12. The Morgan fingerprint density at radius 2 is 1.70 bits per heavy atom. The van der Waals surface area contributed by atoms with Gasteiger partial charge in [0, 0.05) is 10.0 Å². The zero-order chi connectivity index (χ0) is 16.4. The van der Waals surface area contributed by atoms with E-state index in [2.05, 4.69) is 21.2 Å². The van der Waals surface area contributed by atoms with E-state index in [9.17, 15) is 9.59 Å². The van der Waals surface area contributed by atoms with Crippen LogP contribution in [-0.4, -0.2) is 11.7 Å². The maximum absolute atomic E-state index is 12.9. The number of hydrogen-bond acceptors (Lipinski definition) is 2. The maximum atomic E-state index is 12.9. The van der Waals surface area contributed by atoms with Crippen LogP contribution < -0.4 is 5.32 Å². The standard InChI is InChI=1S/C19H18BrNO2/c1-13(22)16-5-2-3-6-17(16)21-18(23)19(11-4-12-19)14-7-9-15(20)10-8-14/h2-3,5-10H,4,11-12H2,1H3,(H,21,23). The van der Waals surface area contributed by atoms with E-state index in [1.54, 1.807) is 18.2 Å². The number of carbonyl (C=O) groups is 2. The summed E-state index contributed by atoms with van der Waals surface area (Å²) in [6.45, 7) is 1.51. The predicted molar refractivity (Wildman–Crippen MR) is 94.7 cm³/mol. The lowest BCUT2D eigenvalue weighted by molar-refractivity contribution is -0.124. The smallest absolute Gasteiger partial charge is 0.235 e. The maximum Gasteiger partial charge on any atom is 0.235 e. The largest absolute Gasteiger partial charge is 0.325 e. The highest BCUT2D eigenvalue weighted by atomic mass is 79.9. The zero-order valence-corrected chi connectivity index (χ0v) is 14.5. The van der Waals surface area contributed by atoms with Gasteiger partial charge in [-0.05, 0) is 49.6 Å². The molecule has 0 aliphatic heterocycles. The van der Waals surface area contributed by atoms with Gasteiger partial charge in [0.05, 0.1) is 11.1 Å². The quantitative estimate of drug-likeness (QED) is 0.790. The molecule has 0 unspecified atom stereocenters.